The molecule has 0 spiro atoms. The number of aromatic amines is 1. The Morgan fingerprint density at radius 2 is 2.00 bits per heavy atom. The van der Waals surface area contributed by atoms with Crippen molar-refractivity contribution in [1.82, 2.24) is 15.6 Å². The lowest BCUT2D eigenvalue weighted by Crippen LogP contribution is -2.17. The summed E-state index contributed by atoms with van der Waals surface area (Å²) in [6.07, 6.45) is 1.60. The highest BCUT2D eigenvalue weighted by molar-refractivity contribution is 7.11. The minimum atomic E-state index is -0.374. The van der Waals surface area contributed by atoms with Gasteiger partial charge >= 0.3 is 0 Å². The summed E-state index contributed by atoms with van der Waals surface area (Å²) in [6.45, 7) is 2.49. The van der Waals surface area contributed by atoms with Crippen LogP contribution in [0.2, 0.25) is 0 Å². The number of nitrogens with one attached hydrogen (secondary N) is 2. The van der Waals surface area contributed by atoms with Gasteiger partial charge in [-0.15, -0.1) is 11.3 Å². The number of carbonyl (C=O) groups excluding carboxylic acids is 1. The molecule has 32 heavy (non-hydrogen) atoms. The van der Waals surface area contributed by atoms with Crippen LogP contribution in [0.3, 0.4) is 0 Å². The number of aromatic nitrogens is 2. The first-order valence-electron chi connectivity index (χ1n) is 9.91. The van der Waals surface area contributed by atoms with Gasteiger partial charge in [-0.25, -0.2) is 5.43 Å². The summed E-state index contributed by atoms with van der Waals surface area (Å²) in [7, 11) is 1.59. The Hall–Kier alpha value is -3.91. The van der Waals surface area contributed by atoms with E-state index in [1.165, 1.54) is 16.9 Å². The van der Waals surface area contributed by atoms with E-state index in [4.69, 9.17) is 9.47 Å². The SMILES string of the molecule is COc1cc(-c2cc(C(=O)N/N=C/c3cccs3)[nH]n2)ccc1OCc1ccc(C)cc1. The number of amides is 1. The number of ether oxygens (including phenoxy) is 2. The number of thiophene rings is 1. The van der Waals surface area contributed by atoms with Gasteiger partial charge in [-0.3, -0.25) is 9.89 Å². The standard InChI is InChI=1S/C24H22N4O3S/c1-16-5-7-17(8-6-16)15-31-22-10-9-18(12-23(22)30-2)20-13-21(27-26-20)24(29)28-25-14-19-4-3-11-32-19/h3-14H,15H2,1-2H3,(H,26,27)(H,28,29)/b25-14+. The third-order valence-corrected chi connectivity index (χ3v) is 5.50. The fourth-order valence-corrected chi connectivity index (χ4v) is 3.54. The second-order valence-electron chi connectivity index (χ2n) is 7.02. The van der Waals surface area contributed by atoms with E-state index in [1.54, 1.807) is 19.4 Å². The smallest absolute Gasteiger partial charge is 0.289 e. The third kappa shape index (κ3) is 5.22. The molecule has 0 atom stereocenters. The Morgan fingerprint density at radius 1 is 1.16 bits per heavy atom. The van der Waals surface area contributed by atoms with Crippen LogP contribution in [-0.2, 0) is 6.61 Å². The molecule has 0 fully saturated rings. The van der Waals surface area contributed by atoms with E-state index in [2.05, 4.69) is 39.8 Å². The highest BCUT2D eigenvalue weighted by atomic mass is 32.1. The lowest BCUT2D eigenvalue weighted by molar-refractivity contribution is 0.0950. The maximum Gasteiger partial charge on any atom is 0.289 e. The summed E-state index contributed by atoms with van der Waals surface area (Å²) in [5.41, 5.74) is 6.48. The van der Waals surface area contributed by atoms with Crippen molar-refractivity contribution in [3.63, 3.8) is 0 Å². The van der Waals surface area contributed by atoms with Gasteiger partial charge < -0.3 is 9.47 Å². The molecular formula is C24H22N4O3S. The first kappa shape index (κ1) is 21.3. The van der Waals surface area contributed by atoms with Crippen LogP contribution in [-0.4, -0.2) is 29.4 Å². The molecule has 2 aromatic carbocycles. The Bertz CT molecular complexity index is 1210. The Kier molecular flexibility index (Phi) is 6.62. The number of hydrazone groups is 1. The number of rotatable bonds is 8. The zero-order valence-corrected chi connectivity index (χ0v) is 18.5. The Labute approximate surface area is 189 Å². The normalized spacial score (nSPS) is 10.9. The van der Waals surface area contributed by atoms with E-state index >= 15 is 0 Å². The molecule has 8 heteroatoms. The van der Waals surface area contributed by atoms with Crippen LogP contribution in [0, 0.1) is 6.92 Å². The molecule has 1 amide bonds. The molecule has 2 heterocycles. The molecule has 0 aliphatic heterocycles. The van der Waals surface area contributed by atoms with E-state index in [1.807, 2.05) is 47.8 Å². The number of methoxy groups -OCH3 is 1. The van der Waals surface area contributed by atoms with Gasteiger partial charge in [0.25, 0.3) is 5.91 Å². The van der Waals surface area contributed by atoms with Crippen LogP contribution in [0.1, 0.15) is 26.5 Å². The second-order valence-corrected chi connectivity index (χ2v) is 8.00. The van der Waals surface area contributed by atoms with Gasteiger partial charge in [0.2, 0.25) is 0 Å². The monoisotopic (exact) mass is 446 g/mol. The van der Waals surface area contributed by atoms with E-state index in [9.17, 15) is 4.79 Å². The number of hydrogen-bond acceptors (Lipinski definition) is 6. The molecule has 7 nitrogen and oxygen atoms in total. The quantitative estimate of drug-likeness (QED) is 0.301. The lowest BCUT2D eigenvalue weighted by Gasteiger charge is -2.12. The minimum absolute atomic E-state index is 0.307. The van der Waals surface area contributed by atoms with Crippen molar-refractivity contribution in [2.45, 2.75) is 13.5 Å². The molecule has 4 aromatic rings. The zero-order valence-electron chi connectivity index (χ0n) is 17.7. The van der Waals surface area contributed by atoms with Crippen LogP contribution in [0.4, 0.5) is 0 Å². The molecule has 0 unspecified atom stereocenters. The van der Waals surface area contributed by atoms with E-state index in [0.29, 0.717) is 29.5 Å². The third-order valence-electron chi connectivity index (χ3n) is 4.70. The van der Waals surface area contributed by atoms with Crippen molar-refractivity contribution in [3.05, 3.63) is 87.7 Å². The van der Waals surface area contributed by atoms with Gasteiger partial charge in [0.1, 0.15) is 12.3 Å². The molecule has 4 rings (SSSR count). The topological polar surface area (TPSA) is 88.6 Å². The number of aryl methyl sites for hydroxylation is 1. The number of benzene rings is 2. The molecule has 0 radical (unpaired) electrons. The molecule has 0 saturated carbocycles. The zero-order chi connectivity index (χ0) is 22.3. The lowest BCUT2D eigenvalue weighted by atomic mass is 10.1. The average molecular weight is 447 g/mol. The van der Waals surface area contributed by atoms with Crippen LogP contribution >= 0.6 is 11.3 Å². The Balaban J connectivity index is 1.42. The molecular weight excluding hydrogens is 424 g/mol. The molecule has 0 aliphatic carbocycles. The molecule has 162 valence electrons. The van der Waals surface area contributed by atoms with E-state index < -0.39 is 0 Å². The van der Waals surface area contributed by atoms with Crippen molar-refractivity contribution in [2.24, 2.45) is 5.10 Å². The summed E-state index contributed by atoms with van der Waals surface area (Å²) in [5.74, 6) is 0.846. The number of carbonyl (C=O) groups is 1. The van der Waals surface area contributed by atoms with Gasteiger partial charge in [-0.1, -0.05) is 35.9 Å². The van der Waals surface area contributed by atoms with Crippen molar-refractivity contribution < 1.29 is 14.3 Å². The van der Waals surface area contributed by atoms with Gasteiger partial charge in [-0.2, -0.15) is 10.2 Å². The predicted molar refractivity (Wildman–Crippen MR) is 125 cm³/mol. The first-order valence-corrected chi connectivity index (χ1v) is 10.8. The number of nitrogens with zero attached hydrogens (tertiary/aromatic N) is 2. The van der Waals surface area contributed by atoms with Crippen molar-refractivity contribution in [2.75, 3.05) is 7.11 Å². The van der Waals surface area contributed by atoms with Crippen LogP contribution in [0.25, 0.3) is 11.3 Å². The minimum Gasteiger partial charge on any atom is -0.493 e. The predicted octanol–water partition coefficient (Wildman–Crippen LogP) is 4.80. The highest BCUT2D eigenvalue weighted by Crippen LogP contribution is 2.32. The molecule has 0 saturated heterocycles. The molecule has 2 aromatic heterocycles. The molecule has 0 aliphatic rings. The van der Waals surface area contributed by atoms with Crippen LogP contribution < -0.4 is 14.9 Å². The fraction of sp³-hybridized carbons (Fsp3) is 0.125. The van der Waals surface area contributed by atoms with Gasteiger partial charge in [-0.05, 0) is 48.2 Å². The average Bonchev–Trinajstić information content (AvgIpc) is 3.51. The largest absolute Gasteiger partial charge is 0.493 e. The fourth-order valence-electron chi connectivity index (χ4n) is 2.96. The molecule has 0 bridgehead atoms. The summed E-state index contributed by atoms with van der Waals surface area (Å²) in [4.78, 5) is 13.2. The maximum atomic E-state index is 12.3. The van der Waals surface area contributed by atoms with Crippen LogP contribution in [0.15, 0.2) is 71.1 Å². The summed E-state index contributed by atoms with van der Waals surface area (Å²) in [5, 5.41) is 12.9. The number of H-pyrrole nitrogens is 1. The second kappa shape index (κ2) is 9.93. The summed E-state index contributed by atoms with van der Waals surface area (Å²) >= 11 is 1.54. The van der Waals surface area contributed by atoms with E-state index in [0.717, 1.165) is 16.0 Å². The van der Waals surface area contributed by atoms with Crippen molar-refractivity contribution in [3.8, 4) is 22.8 Å². The van der Waals surface area contributed by atoms with Gasteiger partial charge in [0.05, 0.1) is 19.0 Å². The van der Waals surface area contributed by atoms with Gasteiger partial charge in [0, 0.05) is 10.4 Å². The maximum absolute atomic E-state index is 12.3. The summed E-state index contributed by atoms with van der Waals surface area (Å²) in [6, 6.07) is 19.2. The van der Waals surface area contributed by atoms with Crippen molar-refractivity contribution >= 4 is 23.5 Å². The number of hydrogen-bond donors (Lipinski definition) is 2. The van der Waals surface area contributed by atoms with Crippen LogP contribution in [0.5, 0.6) is 11.5 Å². The Morgan fingerprint density at radius 3 is 2.75 bits per heavy atom. The van der Waals surface area contributed by atoms with E-state index in [-0.39, 0.29) is 5.91 Å². The van der Waals surface area contributed by atoms with Crippen molar-refractivity contribution in [1.29, 1.82) is 0 Å². The highest BCUT2D eigenvalue weighted by Gasteiger charge is 2.13. The van der Waals surface area contributed by atoms with Gasteiger partial charge in [0.15, 0.2) is 11.5 Å². The summed E-state index contributed by atoms with van der Waals surface area (Å²) < 4.78 is 11.4. The first-order chi connectivity index (χ1) is 15.6. The molecule has 2 N–H and O–H groups in total.